The van der Waals surface area contributed by atoms with Crippen LogP contribution in [0.5, 0.6) is 17.2 Å². The van der Waals surface area contributed by atoms with Gasteiger partial charge in [-0.25, -0.2) is 0 Å². The quantitative estimate of drug-likeness (QED) is 0.448. The van der Waals surface area contributed by atoms with Crippen molar-refractivity contribution in [3.8, 4) is 17.2 Å². The fourth-order valence-electron chi connectivity index (χ4n) is 2.63. The summed E-state index contributed by atoms with van der Waals surface area (Å²) in [5.74, 6) is 1.78. The van der Waals surface area contributed by atoms with Gasteiger partial charge < -0.3 is 19.5 Å². The van der Waals surface area contributed by atoms with E-state index in [1.54, 1.807) is 12.1 Å². The third-order valence-corrected chi connectivity index (χ3v) is 4.50. The van der Waals surface area contributed by atoms with Crippen molar-refractivity contribution in [1.29, 1.82) is 0 Å². The molecule has 0 saturated heterocycles. The molecule has 0 aromatic heterocycles. The van der Waals surface area contributed by atoms with Crippen molar-refractivity contribution in [3.05, 3.63) is 82.8 Å². The van der Waals surface area contributed by atoms with E-state index in [1.807, 2.05) is 67.6 Å². The molecule has 0 radical (unpaired) electrons. The normalized spacial score (nSPS) is 10.3. The summed E-state index contributed by atoms with van der Waals surface area (Å²) in [6.07, 6.45) is 0. The maximum Gasteiger partial charge on any atom is 0.262 e. The Kier molecular flexibility index (Phi) is 7.53. The molecule has 0 atom stereocenters. The number of carbonyl (C=O) groups is 1. The van der Waals surface area contributed by atoms with E-state index < -0.39 is 0 Å². The molecule has 3 aromatic carbocycles. The van der Waals surface area contributed by atoms with Crippen LogP contribution >= 0.6 is 15.9 Å². The van der Waals surface area contributed by atoms with Crippen molar-refractivity contribution < 1.29 is 19.0 Å². The van der Waals surface area contributed by atoms with Crippen molar-refractivity contribution in [2.45, 2.75) is 6.92 Å². The Morgan fingerprint density at radius 2 is 1.59 bits per heavy atom. The summed E-state index contributed by atoms with van der Waals surface area (Å²) in [5, 5.41) is 2.83. The summed E-state index contributed by atoms with van der Waals surface area (Å²) < 4.78 is 18.0. The number of hydrogen-bond donors (Lipinski definition) is 1. The lowest BCUT2D eigenvalue weighted by Crippen LogP contribution is -2.21. The molecule has 0 saturated carbocycles. The highest BCUT2D eigenvalue weighted by Gasteiger charge is 2.09. The van der Waals surface area contributed by atoms with Gasteiger partial charge in [-0.3, -0.25) is 4.79 Å². The van der Waals surface area contributed by atoms with Gasteiger partial charge >= 0.3 is 0 Å². The number of aryl methyl sites for hydroxylation is 1. The molecule has 1 N–H and O–H groups in total. The summed E-state index contributed by atoms with van der Waals surface area (Å²) in [6, 6.07) is 22.5. The molecule has 0 heterocycles. The van der Waals surface area contributed by atoms with Gasteiger partial charge in [0, 0.05) is 4.47 Å². The predicted molar refractivity (Wildman–Crippen MR) is 117 cm³/mol. The molecule has 6 heteroatoms. The van der Waals surface area contributed by atoms with E-state index in [9.17, 15) is 4.79 Å². The fraction of sp³-hybridized carbons (Fsp3) is 0.174. The second-order valence-electron chi connectivity index (χ2n) is 6.25. The van der Waals surface area contributed by atoms with Crippen LogP contribution in [0, 0.1) is 6.92 Å². The molecule has 0 bridgehead atoms. The second kappa shape index (κ2) is 10.5. The van der Waals surface area contributed by atoms with Crippen LogP contribution in [0.2, 0.25) is 0 Å². The van der Waals surface area contributed by atoms with Gasteiger partial charge in [-0.1, -0.05) is 46.3 Å². The van der Waals surface area contributed by atoms with Gasteiger partial charge in [0.05, 0.1) is 5.69 Å². The molecule has 150 valence electrons. The second-order valence-corrected chi connectivity index (χ2v) is 7.17. The Morgan fingerprint density at radius 3 is 2.38 bits per heavy atom. The molecule has 0 aliphatic heterocycles. The number of benzene rings is 3. The molecule has 0 unspecified atom stereocenters. The van der Waals surface area contributed by atoms with E-state index in [1.165, 1.54) is 0 Å². The zero-order chi connectivity index (χ0) is 20.5. The van der Waals surface area contributed by atoms with Crippen LogP contribution in [-0.2, 0) is 4.79 Å². The maximum absolute atomic E-state index is 12.3. The molecular weight excluding hydrogens is 434 g/mol. The molecule has 5 nitrogen and oxygen atoms in total. The Balaban J connectivity index is 1.49. The van der Waals surface area contributed by atoms with E-state index in [0.717, 1.165) is 15.8 Å². The Hall–Kier alpha value is -2.99. The fourth-order valence-corrected chi connectivity index (χ4v) is 3.10. The zero-order valence-corrected chi connectivity index (χ0v) is 17.6. The van der Waals surface area contributed by atoms with E-state index in [4.69, 9.17) is 14.2 Å². The van der Waals surface area contributed by atoms with E-state index >= 15 is 0 Å². The number of nitrogens with one attached hydrogen (secondary N) is 1. The average molecular weight is 456 g/mol. The molecule has 3 aromatic rings. The number of hydrogen-bond acceptors (Lipinski definition) is 4. The van der Waals surface area contributed by atoms with Crippen molar-refractivity contribution in [2.24, 2.45) is 0 Å². The van der Waals surface area contributed by atoms with Crippen LogP contribution in [-0.4, -0.2) is 25.7 Å². The lowest BCUT2D eigenvalue weighted by Gasteiger charge is -2.14. The van der Waals surface area contributed by atoms with Crippen molar-refractivity contribution >= 4 is 27.5 Å². The van der Waals surface area contributed by atoms with E-state index in [-0.39, 0.29) is 12.5 Å². The number of ether oxygens (including phenoxy) is 3. The highest BCUT2D eigenvalue weighted by Crippen LogP contribution is 2.25. The van der Waals surface area contributed by atoms with Crippen LogP contribution in [0.1, 0.15) is 5.56 Å². The summed E-state index contributed by atoms with van der Waals surface area (Å²) in [5.41, 5.74) is 1.54. The summed E-state index contributed by atoms with van der Waals surface area (Å²) in [7, 11) is 0. The first-order valence-electron chi connectivity index (χ1n) is 9.20. The minimum atomic E-state index is -0.260. The SMILES string of the molecule is Cc1cc(Br)ccc1OCC(=O)Nc1ccccc1OCCOc1ccccc1. The topological polar surface area (TPSA) is 56.8 Å². The van der Waals surface area contributed by atoms with Crippen LogP contribution in [0.15, 0.2) is 77.3 Å². The Morgan fingerprint density at radius 1 is 0.862 bits per heavy atom. The van der Waals surface area contributed by atoms with Crippen molar-refractivity contribution in [2.75, 3.05) is 25.1 Å². The van der Waals surface area contributed by atoms with Crippen LogP contribution in [0.4, 0.5) is 5.69 Å². The molecule has 0 spiro atoms. The Bertz CT molecular complexity index is 947. The molecule has 0 fully saturated rings. The molecule has 0 aliphatic rings. The highest BCUT2D eigenvalue weighted by atomic mass is 79.9. The number of amides is 1. The number of para-hydroxylation sites is 3. The number of rotatable bonds is 9. The van der Waals surface area contributed by atoms with E-state index in [0.29, 0.717) is 30.4 Å². The minimum Gasteiger partial charge on any atom is -0.490 e. The molecule has 0 aliphatic carbocycles. The smallest absolute Gasteiger partial charge is 0.262 e. The van der Waals surface area contributed by atoms with Crippen LogP contribution in [0.3, 0.4) is 0 Å². The third-order valence-electron chi connectivity index (χ3n) is 4.01. The minimum absolute atomic E-state index is 0.0894. The van der Waals surface area contributed by atoms with Gasteiger partial charge in [0.2, 0.25) is 0 Å². The molecule has 3 rings (SSSR count). The van der Waals surface area contributed by atoms with Gasteiger partial charge in [-0.2, -0.15) is 0 Å². The standard InChI is InChI=1S/C23H22BrNO4/c1-17-15-18(24)11-12-21(17)29-16-23(26)25-20-9-5-6-10-22(20)28-14-13-27-19-7-3-2-4-8-19/h2-12,15H,13-14,16H2,1H3,(H,25,26). The highest BCUT2D eigenvalue weighted by molar-refractivity contribution is 9.10. The summed E-state index contributed by atoms with van der Waals surface area (Å²) >= 11 is 3.41. The maximum atomic E-state index is 12.3. The number of halogens is 1. The molecule has 29 heavy (non-hydrogen) atoms. The molecule has 1 amide bonds. The third kappa shape index (κ3) is 6.54. The van der Waals surface area contributed by atoms with Crippen molar-refractivity contribution in [3.63, 3.8) is 0 Å². The zero-order valence-electron chi connectivity index (χ0n) is 16.1. The van der Waals surface area contributed by atoms with Crippen LogP contribution in [0.25, 0.3) is 0 Å². The Labute approximate surface area is 178 Å². The molecular formula is C23H22BrNO4. The summed E-state index contributed by atoms with van der Waals surface area (Å²) in [6.45, 7) is 2.60. The predicted octanol–water partition coefficient (Wildman–Crippen LogP) is 5.23. The van der Waals surface area contributed by atoms with Gasteiger partial charge in [0.15, 0.2) is 6.61 Å². The summed E-state index contributed by atoms with van der Waals surface area (Å²) in [4.78, 5) is 12.3. The lowest BCUT2D eigenvalue weighted by atomic mass is 10.2. The van der Waals surface area contributed by atoms with E-state index in [2.05, 4.69) is 21.2 Å². The van der Waals surface area contributed by atoms with Crippen molar-refractivity contribution in [1.82, 2.24) is 0 Å². The first kappa shape index (κ1) is 20.7. The largest absolute Gasteiger partial charge is 0.490 e. The lowest BCUT2D eigenvalue weighted by molar-refractivity contribution is -0.118. The van der Waals surface area contributed by atoms with Crippen LogP contribution < -0.4 is 19.5 Å². The van der Waals surface area contributed by atoms with Gasteiger partial charge in [0.25, 0.3) is 5.91 Å². The number of anilines is 1. The monoisotopic (exact) mass is 455 g/mol. The first-order valence-corrected chi connectivity index (χ1v) is 9.99. The van der Waals surface area contributed by atoms with Gasteiger partial charge in [0.1, 0.15) is 30.5 Å². The van der Waals surface area contributed by atoms with Gasteiger partial charge in [-0.15, -0.1) is 0 Å². The first-order chi connectivity index (χ1) is 14.1. The van der Waals surface area contributed by atoms with Gasteiger partial charge in [-0.05, 0) is 55.0 Å². The number of carbonyl (C=O) groups excluding carboxylic acids is 1. The average Bonchev–Trinajstić information content (AvgIpc) is 2.72.